The van der Waals surface area contributed by atoms with Crippen molar-refractivity contribution in [2.24, 2.45) is 0 Å². The van der Waals surface area contributed by atoms with Crippen LogP contribution in [0.3, 0.4) is 0 Å². The average Bonchev–Trinajstić information content (AvgIpc) is 2.35. The molecule has 0 bridgehead atoms. The summed E-state index contributed by atoms with van der Waals surface area (Å²) in [6, 6.07) is 14.3. The summed E-state index contributed by atoms with van der Waals surface area (Å²) in [4.78, 5) is 11.8. The van der Waals surface area contributed by atoms with Crippen molar-refractivity contribution in [2.75, 3.05) is 16.8 Å². The Morgan fingerprint density at radius 1 is 0.889 bits per heavy atom. The zero-order chi connectivity index (χ0) is 13.0. The van der Waals surface area contributed by atoms with Gasteiger partial charge in [0.25, 0.3) is 0 Å². The van der Waals surface area contributed by atoms with Crippen molar-refractivity contribution in [2.45, 2.75) is 6.42 Å². The molecule has 0 radical (unpaired) electrons. The quantitative estimate of drug-likeness (QED) is 0.719. The van der Waals surface area contributed by atoms with Crippen molar-refractivity contribution in [1.29, 1.82) is 0 Å². The van der Waals surface area contributed by atoms with Crippen molar-refractivity contribution in [3.05, 3.63) is 54.1 Å². The summed E-state index contributed by atoms with van der Waals surface area (Å²) < 4.78 is 0. The van der Waals surface area contributed by atoms with Gasteiger partial charge in [-0.05, 0) is 42.0 Å². The summed E-state index contributed by atoms with van der Waals surface area (Å²) in [7, 11) is 0. The average molecular weight is 241 g/mol. The van der Waals surface area contributed by atoms with Crippen LogP contribution in [0.2, 0.25) is 0 Å². The molecule has 0 saturated carbocycles. The van der Waals surface area contributed by atoms with Crippen molar-refractivity contribution in [1.82, 2.24) is 0 Å². The van der Waals surface area contributed by atoms with E-state index in [-0.39, 0.29) is 5.91 Å². The van der Waals surface area contributed by atoms with Gasteiger partial charge in [-0.1, -0.05) is 12.1 Å². The Bertz CT molecular complexity index is 482. The SMILES string of the molecule is Nc1ccc(CC(=O)Nc2ccc(N)cc2)cc1. The number of carbonyl (C=O) groups excluding carboxylic acids is 1. The van der Waals surface area contributed by atoms with E-state index in [9.17, 15) is 4.79 Å². The van der Waals surface area contributed by atoms with Gasteiger partial charge in [0.2, 0.25) is 5.91 Å². The number of amides is 1. The Labute approximate surface area is 106 Å². The molecular formula is C14H15N3O. The number of rotatable bonds is 3. The Morgan fingerprint density at radius 2 is 1.39 bits per heavy atom. The maximum absolute atomic E-state index is 11.8. The smallest absolute Gasteiger partial charge is 0.228 e. The first-order valence-corrected chi connectivity index (χ1v) is 5.63. The molecule has 0 unspecified atom stereocenters. The van der Waals surface area contributed by atoms with E-state index in [1.54, 1.807) is 36.4 Å². The first-order chi connectivity index (χ1) is 8.63. The van der Waals surface area contributed by atoms with Gasteiger partial charge < -0.3 is 16.8 Å². The number of carbonyl (C=O) groups is 1. The normalized spacial score (nSPS) is 10.0. The van der Waals surface area contributed by atoms with Crippen LogP contribution in [0, 0.1) is 0 Å². The van der Waals surface area contributed by atoms with Gasteiger partial charge in [0.05, 0.1) is 6.42 Å². The Hall–Kier alpha value is -2.49. The topological polar surface area (TPSA) is 81.1 Å². The van der Waals surface area contributed by atoms with E-state index in [1.807, 2.05) is 12.1 Å². The molecule has 0 aliphatic heterocycles. The second-order valence-electron chi connectivity index (χ2n) is 4.09. The maximum Gasteiger partial charge on any atom is 0.228 e. The summed E-state index contributed by atoms with van der Waals surface area (Å²) >= 11 is 0. The molecular weight excluding hydrogens is 226 g/mol. The lowest BCUT2D eigenvalue weighted by Gasteiger charge is -2.05. The number of nitrogens with two attached hydrogens (primary N) is 2. The molecule has 92 valence electrons. The highest BCUT2D eigenvalue weighted by atomic mass is 16.1. The van der Waals surface area contributed by atoms with E-state index < -0.39 is 0 Å². The highest BCUT2D eigenvalue weighted by Crippen LogP contribution is 2.12. The summed E-state index contributed by atoms with van der Waals surface area (Å²) in [5.41, 5.74) is 14.2. The number of benzene rings is 2. The lowest BCUT2D eigenvalue weighted by atomic mass is 10.1. The summed E-state index contributed by atoms with van der Waals surface area (Å²) in [5.74, 6) is -0.0652. The van der Waals surface area contributed by atoms with E-state index in [2.05, 4.69) is 5.32 Å². The Morgan fingerprint density at radius 3 is 1.94 bits per heavy atom. The van der Waals surface area contributed by atoms with Crippen molar-refractivity contribution in [3.8, 4) is 0 Å². The van der Waals surface area contributed by atoms with Crippen LogP contribution in [0.1, 0.15) is 5.56 Å². The minimum Gasteiger partial charge on any atom is -0.399 e. The molecule has 0 aliphatic carbocycles. The van der Waals surface area contributed by atoms with Gasteiger partial charge in [-0.25, -0.2) is 0 Å². The van der Waals surface area contributed by atoms with E-state index in [0.29, 0.717) is 17.8 Å². The predicted molar refractivity (Wildman–Crippen MR) is 74.0 cm³/mol. The molecule has 0 heterocycles. The van der Waals surface area contributed by atoms with E-state index in [1.165, 1.54) is 0 Å². The number of nitrogen functional groups attached to an aromatic ring is 2. The maximum atomic E-state index is 11.8. The van der Waals surface area contributed by atoms with E-state index in [4.69, 9.17) is 11.5 Å². The minimum atomic E-state index is -0.0652. The monoisotopic (exact) mass is 241 g/mol. The molecule has 2 rings (SSSR count). The third kappa shape index (κ3) is 3.25. The van der Waals surface area contributed by atoms with Crippen LogP contribution in [0.15, 0.2) is 48.5 Å². The van der Waals surface area contributed by atoms with Crippen LogP contribution in [0.4, 0.5) is 17.1 Å². The fourth-order valence-corrected chi connectivity index (χ4v) is 1.59. The van der Waals surface area contributed by atoms with Crippen molar-refractivity contribution >= 4 is 23.0 Å². The summed E-state index contributed by atoms with van der Waals surface area (Å²) in [6.45, 7) is 0. The van der Waals surface area contributed by atoms with E-state index >= 15 is 0 Å². The summed E-state index contributed by atoms with van der Waals surface area (Å²) in [6.07, 6.45) is 0.324. The van der Waals surface area contributed by atoms with Crippen LogP contribution < -0.4 is 16.8 Å². The highest BCUT2D eigenvalue weighted by molar-refractivity contribution is 5.92. The Kier molecular flexibility index (Phi) is 3.48. The van der Waals surface area contributed by atoms with Crippen LogP contribution >= 0.6 is 0 Å². The van der Waals surface area contributed by atoms with Gasteiger partial charge in [-0.2, -0.15) is 0 Å². The van der Waals surface area contributed by atoms with Crippen LogP contribution in [-0.4, -0.2) is 5.91 Å². The molecule has 4 nitrogen and oxygen atoms in total. The van der Waals surface area contributed by atoms with Gasteiger partial charge in [-0.15, -0.1) is 0 Å². The second kappa shape index (κ2) is 5.23. The zero-order valence-electron chi connectivity index (χ0n) is 9.89. The highest BCUT2D eigenvalue weighted by Gasteiger charge is 2.03. The molecule has 0 aliphatic rings. The third-order valence-corrected chi connectivity index (χ3v) is 2.54. The first-order valence-electron chi connectivity index (χ1n) is 5.63. The Balaban J connectivity index is 1.96. The van der Waals surface area contributed by atoms with Gasteiger partial charge in [0.15, 0.2) is 0 Å². The molecule has 0 spiro atoms. The molecule has 4 heteroatoms. The molecule has 2 aromatic rings. The van der Waals surface area contributed by atoms with Crippen LogP contribution in [0.25, 0.3) is 0 Å². The van der Waals surface area contributed by atoms with E-state index in [0.717, 1.165) is 11.3 Å². The van der Waals surface area contributed by atoms with Gasteiger partial charge in [-0.3, -0.25) is 4.79 Å². The van der Waals surface area contributed by atoms with Crippen molar-refractivity contribution < 1.29 is 4.79 Å². The molecule has 0 saturated heterocycles. The summed E-state index contributed by atoms with van der Waals surface area (Å²) in [5, 5.41) is 2.81. The minimum absolute atomic E-state index is 0.0652. The standard InChI is InChI=1S/C14H15N3O/c15-11-3-1-10(2-4-11)9-14(18)17-13-7-5-12(16)6-8-13/h1-8H,9,15-16H2,(H,17,18). The molecule has 2 aromatic carbocycles. The third-order valence-electron chi connectivity index (χ3n) is 2.54. The lowest BCUT2D eigenvalue weighted by molar-refractivity contribution is -0.115. The van der Waals surface area contributed by atoms with Crippen LogP contribution in [-0.2, 0) is 11.2 Å². The lowest BCUT2D eigenvalue weighted by Crippen LogP contribution is -2.14. The van der Waals surface area contributed by atoms with Gasteiger partial charge >= 0.3 is 0 Å². The fraction of sp³-hybridized carbons (Fsp3) is 0.0714. The number of hydrogen-bond donors (Lipinski definition) is 3. The number of anilines is 3. The molecule has 1 amide bonds. The molecule has 18 heavy (non-hydrogen) atoms. The molecule has 5 N–H and O–H groups in total. The fourth-order valence-electron chi connectivity index (χ4n) is 1.59. The molecule has 0 atom stereocenters. The predicted octanol–water partition coefficient (Wildman–Crippen LogP) is 2.03. The number of nitrogens with one attached hydrogen (secondary N) is 1. The zero-order valence-corrected chi connectivity index (χ0v) is 9.89. The number of hydrogen-bond acceptors (Lipinski definition) is 3. The van der Waals surface area contributed by atoms with Gasteiger partial charge in [0.1, 0.15) is 0 Å². The first kappa shape index (κ1) is 12.0. The van der Waals surface area contributed by atoms with Crippen LogP contribution in [0.5, 0.6) is 0 Å². The van der Waals surface area contributed by atoms with Gasteiger partial charge in [0, 0.05) is 17.1 Å². The van der Waals surface area contributed by atoms with Crippen molar-refractivity contribution in [3.63, 3.8) is 0 Å². The second-order valence-corrected chi connectivity index (χ2v) is 4.09. The molecule has 0 fully saturated rings. The molecule has 0 aromatic heterocycles. The largest absolute Gasteiger partial charge is 0.399 e.